The van der Waals surface area contributed by atoms with Crippen molar-refractivity contribution in [2.24, 2.45) is 0 Å². The molecule has 0 bridgehead atoms. The van der Waals surface area contributed by atoms with Gasteiger partial charge in [0.05, 0.1) is 10.9 Å². The summed E-state index contributed by atoms with van der Waals surface area (Å²) in [4.78, 5) is 46.7. The summed E-state index contributed by atoms with van der Waals surface area (Å²) >= 11 is 0. The molecule has 0 spiro atoms. The van der Waals surface area contributed by atoms with E-state index in [1.807, 2.05) is 31.2 Å². The minimum absolute atomic E-state index is 0.0172. The summed E-state index contributed by atoms with van der Waals surface area (Å²) in [6.07, 6.45) is -1.18. The molecular weight excluding hydrogens is 443 g/mol. The fourth-order valence-electron chi connectivity index (χ4n) is 3.29. The number of carboxylic acid groups (broad SMARTS) is 1. The van der Waals surface area contributed by atoms with E-state index in [9.17, 15) is 22.8 Å². The summed E-state index contributed by atoms with van der Waals surface area (Å²) in [7, 11) is 0. The van der Waals surface area contributed by atoms with Crippen molar-refractivity contribution >= 4 is 28.6 Å². The molecular formula is C21H20F3N5O4. The standard InChI is InChI=1S/C19H19N5O2.C2HF3O2/c1-12-3-2-4-14(9-12)21-19(26)24-8-6-13(11-24)17-22-16-5-7-20-10-15(16)18(25)23-17;3-2(4,5)1(6)7/h2-5,7,9-10,13H,6,8,11H2,1H3,(H,21,26)(H,22,23,25);(H,6,7). The number of alkyl halides is 3. The molecule has 1 aliphatic rings. The zero-order valence-electron chi connectivity index (χ0n) is 17.4. The van der Waals surface area contributed by atoms with Gasteiger partial charge in [0.1, 0.15) is 5.82 Å². The number of pyridine rings is 1. The van der Waals surface area contributed by atoms with E-state index >= 15 is 0 Å². The van der Waals surface area contributed by atoms with E-state index in [0.29, 0.717) is 29.8 Å². The predicted molar refractivity (Wildman–Crippen MR) is 113 cm³/mol. The summed E-state index contributed by atoms with van der Waals surface area (Å²) in [5, 5.41) is 10.5. The number of carbonyl (C=O) groups is 2. The molecule has 1 aliphatic heterocycles. The van der Waals surface area contributed by atoms with Crippen LogP contribution >= 0.6 is 0 Å². The highest BCUT2D eigenvalue weighted by Gasteiger charge is 2.38. The molecule has 12 heteroatoms. The van der Waals surface area contributed by atoms with Crippen LogP contribution in [0.1, 0.15) is 23.7 Å². The van der Waals surface area contributed by atoms with Gasteiger partial charge in [-0.3, -0.25) is 9.78 Å². The Balaban J connectivity index is 0.000000383. The number of benzene rings is 1. The minimum atomic E-state index is -5.08. The zero-order chi connectivity index (χ0) is 24.2. The Bertz CT molecular complexity index is 1230. The maximum absolute atomic E-state index is 12.5. The van der Waals surface area contributed by atoms with Crippen LogP contribution < -0.4 is 10.9 Å². The third-order valence-corrected chi connectivity index (χ3v) is 4.90. The van der Waals surface area contributed by atoms with Crippen LogP contribution in [0.25, 0.3) is 10.9 Å². The molecule has 1 atom stereocenters. The quantitative estimate of drug-likeness (QED) is 0.535. The van der Waals surface area contributed by atoms with Gasteiger partial charge in [-0.25, -0.2) is 14.6 Å². The second-order valence-corrected chi connectivity index (χ2v) is 7.38. The average molecular weight is 463 g/mol. The molecule has 1 aromatic carbocycles. The predicted octanol–water partition coefficient (Wildman–Crippen LogP) is 3.28. The van der Waals surface area contributed by atoms with Gasteiger partial charge in [-0.2, -0.15) is 13.2 Å². The highest BCUT2D eigenvalue weighted by atomic mass is 19.4. The smallest absolute Gasteiger partial charge is 0.475 e. The van der Waals surface area contributed by atoms with Crippen molar-refractivity contribution in [3.63, 3.8) is 0 Å². The van der Waals surface area contributed by atoms with E-state index in [4.69, 9.17) is 9.90 Å². The Morgan fingerprint density at radius 2 is 2.00 bits per heavy atom. The van der Waals surface area contributed by atoms with Gasteiger partial charge in [-0.05, 0) is 37.1 Å². The molecule has 9 nitrogen and oxygen atoms in total. The van der Waals surface area contributed by atoms with Crippen LogP contribution in [-0.4, -0.2) is 56.2 Å². The first kappa shape index (κ1) is 23.7. The van der Waals surface area contributed by atoms with Gasteiger partial charge >= 0.3 is 18.2 Å². The third kappa shape index (κ3) is 6.05. The first-order chi connectivity index (χ1) is 15.5. The Morgan fingerprint density at radius 3 is 2.67 bits per heavy atom. The normalized spacial score (nSPS) is 15.6. The summed E-state index contributed by atoms with van der Waals surface area (Å²) in [5.74, 6) is -2.12. The van der Waals surface area contributed by atoms with Crippen molar-refractivity contribution in [3.8, 4) is 0 Å². The number of aliphatic carboxylic acids is 1. The summed E-state index contributed by atoms with van der Waals surface area (Å²) in [6.45, 7) is 3.14. The third-order valence-electron chi connectivity index (χ3n) is 4.90. The molecule has 1 saturated heterocycles. The number of anilines is 1. The summed E-state index contributed by atoms with van der Waals surface area (Å²) in [5.41, 5.74) is 2.31. The maximum atomic E-state index is 12.5. The van der Waals surface area contributed by atoms with Gasteiger partial charge < -0.3 is 20.3 Å². The van der Waals surface area contributed by atoms with E-state index in [1.54, 1.807) is 17.2 Å². The molecule has 3 heterocycles. The number of hydrogen-bond donors (Lipinski definition) is 3. The monoisotopic (exact) mass is 463 g/mol. The van der Waals surface area contributed by atoms with Crippen LogP contribution in [-0.2, 0) is 4.79 Å². The average Bonchev–Trinajstić information content (AvgIpc) is 3.24. The molecule has 4 rings (SSSR count). The van der Waals surface area contributed by atoms with Gasteiger partial charge in [0.2, 0.25) is 0 Å². The van der Waals surface area contributed by atoms with Crippen molar-refractivity contribution in [1.29, 1.82) is 0 Å². The number of aromatic amines is 1. The Kier molecular flexibility index (Phi) is 6.95. The minimum Gasteiger partial charge on any atom is -0.475 e. The summed E-state index contributed by atoms with van der Waals surface area (Å²) in [6, 6.07) is 9.29. The maximum Gasteiger partial charge on any atom is 0.490 e. The number of likely N-dealkylation sites (tertiary alicyclic amines) is 1. The first-order valence-corrected chi connectivity index (χ1v) is 9.81. The Morgan fingerprint density at radius 1 is 1.27 bits per heavy atom. The SMILES string of the molecule is Cc1cccc(NC(=O)N2CCC(c3nc4ccncc4c(=O)[nH]3)C2)c1.O=C(O)C(F)(F)F. The number of aryl methyl sites for hydroxylation is 1. The zero-order valence-corrected chi connectivity index (χ0v) is 17.4. The second kappa shape index (κ2) is 9.67. The van der Waals surface area contributed by atoms with E-state index < -0.39 is 12.1 Å². The van der Waals surface area contributed by atoms with Crippen LogP contribution in [0.15, 0.2) is 47.5 Å². The molecule has 1 fully saturated rings. The lowest BCUT2D eigenvalue weighted by molar-refractivity contribution is -0.192. The lowest BCUT2D eigenvalue weighted by Gasteiger charge is -2.17. The number of aromatic nitrogens is 3. The van der Waals surface area contributed by atoms with Crippen molar-refractivity contribution in [2.45, 2.75) is 25.4 Å². The number of amides is 2. The molecule has 2 amide bonds. The number of rotatable bonds is 2. The number of fused-ring (bicyclic) bond motifs is 1. The van der Waals surface area contributed by atoms with Crippen LogP contribution in [0.5, 0.6) is 0 Å². The number of hydrogen-bond acceptors (Lipinski definition) is 5. The van der Waals surface area contributed by atoms with E-state index in [2.05, 4.69) is 20.3 Å². The van der Waals surface area contributed by atoms with Crippen molar-refractivity contribution in [2.75, 3.05) is 18.4 Å². The van der Waals surface area contributed by atoms with Gasteiger partial charge in [0.15, 0.2) is 0 Å². The highest BCUT2D eigenvalue weighted by Crippen LogP contribution is 2.25. The number of carboxylic acids is 1. The number of nitrogens with one attached hydrogen (secondary N) is 2. The fraction of sp³-hybridized carbons (Fsp3) is 0.286. The van der Waals surface area contributed by atoms with Gasteiger partial charge in [0.25, 0.3) is 5.56 Å². The fourth-order valence-corrected chi connectivity index (χ4v) is 3.29. The van der Waals surface area contributed by atoms with Gasteiger partial charge in [-0.1, -0.05) is 12.1 Å². The number of nitrogens with zero attached hydrogens (tertiary/aromatic N) is 3. The summed E-state index contributed by atoms with van der Waals surface area (Å²) < 4.78 is 31.7. The van der Waals surface area contributed by atoms with E-state index in [-0.39, 0.29) is 17.5 Å². The molecule has 174 valence electrons. The molecule has 3 N–H and O–H groups in total. The first-order valence-electron chi connectivity index (χ1n) is 9.81. The van der Waals surface area contributed by atoms with Crippen LogP contribution in [0.3, 0.4) is 0 Å². The molecule has 33 heavy (non-hydrogen) atoms. The topological polar surface area (TPSA) is 128 Å². The lowest BCUT2D eigenvalue weighted by Crippen LogP contribution is -2.33. The Hall–Kier alpha value is -3.96. The molecule has 0 radical (unpaired) electrons. The number of H-pyrrole nitrogens is 1. The van der Waals surface area contributed by atoms with E-state index in [1.165, 1.54) is 6.20 Å². The molecule has 0 aliphatic carbocycles. The van der Waals surface area contributed by atoms with Crippen LogP contribution in [0.4, 0.5) is 23.7 Å². The Labute approximate surface area is 185 Å². The van der Waals surface area contributed by atoms with E-state index in [0.717, 1.165) is 17.7 Å². The number of urea groups is 1. The molecule has 0 saturated carbocycles. The number of halogens is 3. The number of carbonyl (C=O) groups excluding carboxylic acids is 1. The van der Waals surface area contributed by atoms with Gasteiger partial charge in [-0.15, -0.1) is 0 Å². The van der Waals surface area contributed by atoms with Crippen molar-refractivity contribution in [3.05, 3.63) is 64.5 Å². The van der Waals surface area contributed by atoms with Crippen molar-refractivity contribution in [1.82, 2.24) is 19.9 Å². The molecule has 2 aromatic heterocycles. The van der Waals surface area contributed by atoms with Crippen LogP contribution in [0.2, 0.25) is 0 Å². The largest absolute Gasteiger partial charge is 0.490 e. The van der Waals surface area contributed by atoms with Crippen LogP contribution in [0, 0.1) is 6.92 Å². The van der Waals surface area contributed by atoms with Crippen molar-refractivity contribution < 1.29 is 27.9 Å². The second-order valence-electron chi connectivity index (χ2n) is 7.38. The highest BCUT2D eigenvalue weighted by molar-refractivity contribution is 5.89. The van der Waals surface area contributed by atoms with Gasteiger partial charge in [0, 0.05) is 37.1 Å². The molecule has 1 unspecified atom stereocenters. The molecule has 3 aromatic rings. The lowest BCUT2D eigenvalue weighted by atomic mass is 10.1.